The van der Waals surface area contributed by atoms with E-state index in [1.165, 1.54) is 6.92 Å². The Balaban J connectivity index is 2.01. The maximum Gasteiger partial charge on any atom is 0.253 e. The summed E-state index contributed by atoms with van der Waals surface area (Å²) in [6, 6.07) is 6.70. The van der Waals surface area contributed by atoms with Crippen LogP contribution in [-0.2, 0) is 4.79 Å². The van der Waals surface area contributed by atoms with Crippen molar-refractivity contribution in [1.29, 1.82) is 0 Å². The third-order valence-electron chi connectivity index (χ3n) is 4.17. The second-order valence-corrected chi connectivity index (χ2v) is 6.01. The van der Waals surface area contributed by atoms with Gasteiger partial charge in [-0.1, -0.05) is 19.1 Å². The lowest BCUT2D eigenvalue weighted by molar-refractivity contribution is -0.126. The molecular weight excluding hydrogens is 292 g/mol. The van der Waals surface area contributed by atoms with Gasteiger partial charge in [-0.25, -0.2) is 0 Å². The molecule has 1 aliphatic heterocycles. The molecule has 1 fully saturated rings. The Morgan fingerprint density at radius 3 is 2.43 bits per heavy atom. The van der Waals surface area contributed by atoms with Gasteiger partial charge in [-0.3, -0.25) is 14.4 Å². The maximum absolute atomic E-state index is 12.6. The molecule has 2 rings (SSSR count). The highest BCUT2D eigenvalue weighted by Crippen LogP contribution is 2.19. The van der Waals surface area contributed by atoms with Gasteiger partial charge in [0.25, 0.3) is 5.91 Å². The Kier molecular flexibility index (Phi) is 5.90. The summed E-state index contributed by atoms with van der Waals surface area (Å²) < 4.78 is 0. The van der Waals surface area contributed by atoms with Crippen LogP contribution >= 0.6 is 0 Å². The maximum atomic E-state index is 12.6. The van der Waals surface area contributed by atoms with Crippen molar-refractivity contribution in [2.24, 2.45) is 5.92 Å². The van der Waals surface area contributed by atoms with Crippen LogP contribution in [0.15, 0.2) is 24.3 Å². The molecule has 1 saturated heterocycles. The lowest BCUT2D eigenvalue weighted by Crippen LogP contribution is -2.45. The smallest absolute Gasteiger partial charge is 0.253 e. The van der Waals surface area contributed by atoms with E-state index in [0.29, 0.717) is 30.8 Å². The summed E-state index contributed by atoms with van der Waals surface area (Å²) in [5.41, 5.74) is 1.15. The van der Waals surface area contributed by atoms with E-state index in [0.717, 1.165) is 19.3 Å². The highest BCUT2D eigenvalue weighted by atomic mass is 16.2. The van der Waals surface area contributed by atoms with Crippen LogP contribution in [0.2, 0.25) is 0 Å². The molecular formula is C18H24N2O3. The average Bonchev–Trinajstić information content (AvgIpc) is 2.59. The molecule has 124 valence electrons. The standard InChI is InChI=1S/C18H24N2O3/c1-3-10-19-17(22)16-5-4-11-20(12-16)18(23)15-8-6-14(7-9-15)13(2)21/h6-9,16H,3-5,10-12H2,1-2H3,(H,19,22). The van der Waals surface area contributed by atoms with Gasteiger partial charge in [0, 0.05) is 30.8 Å². The number of benzene rings is 1. The van der Waals surface area contributed by atoms with Gasteiger partial charge in [-0.15, -0.1) is 0 Å². The number of piperidine rings is 1. The Hall–Kier alpha value is -2.17. The first-order valence-electron chi connectivity index (χ1n) is 8.21. The quantitative estimate of drug-likeness (QED) is 0.847. The van der Waals surface area contributed by atoms with Crippen LogP contribution in [0, 0.1) is 5.92 Å². The summed E-state index contributed by atoms with van der Waals surface area (Å²) >= 11 is 0. The molecule has 0 aliphatic carbocycles. The molecule has 0 bridgehead atoms. The number of carbonyl (C=O) groups excluding carboxylic acids is 3. The number of rotatable bonds is 5. The molecule has 1 atom stereocenters. The van der Waals surface area contributed by atoms with E-state index in [1.807, 2.05) is 6.92 Å². The van der Waals surface area contributed by atoms with Crippen molar-refractivity contribution in [3.05, 3.63) is 35.4 Å². The summed E-state index contributed by atoms with van der Waals surface area (Å²) in [5.74, 6) is -0.185. The predicted molar refractivity (Wildman–Crippen MR) is 88.4 cm³/mol. The van der Waals surface area contributed by atoms with E-state index in [4.69, 9.17) is 0 Å². The highest BCUT2D eigenvalue weighted by Gasteiger charge is 2.28. The number of hydrogen-bond donors (Lipinski definition) is 1. The molecule has 1 aromatic rings. The first kappa shape index (κ1) is 17.2. The molecule has 0 saturated carbocycles. The van der Waals surface area contributed by atoms with Gasteiger partial charge in [-0.05, 0) is 38.3 Å². The topological polar surface area (TPSA) is 66.5 Å². The van der Waals surface area contributed by atoms with E-state index >= 15 is 0 Å². The number of nitrogens with zero attached hydrogens (tertiary/aromatic N) is 1. The van der Waals surface area contributed by atoms with Crippen molar-refractivity contribution in [2.75, 3.05) is 19.6 Å². The van der Waals surface area contributed by atoms with Crippen LogP contribution in [0.3, 0.4) is 0 Å². The first-order chi connectivity index (χ1) is 11.0. The zero-order valence-corrected chi connectivity index (χ0v) is 13.8. The van der Waals surface area contributed by atoms with Crippen LogP contribution in [0.4, 0.5) is 0 Å². The SMILES string of the molecule is CCCNC(=O)C1CCCN(C(=O)c2ccc(C(C)=O)cc2)C1. The number of amides is 2. The molecule has 0 radical (unpaired) electrons. The monoisotopic (exact) mass is 316 g/mol. The molecule has 1 N–H and O–H groups in total. The van der Waals surface area contributed by atoms with Gasteiger partial charge in [0.1, 0.15) is 0 Å². The third-order valence-corrected chi connectivity index (χ3v) is 4.17. The number of Topliss-reactive ketones (excluding diaryl/α,β-unsaturated/α-hetero) is 1. The van der Waals surface area contributed by atoms with Crippen LogP contribution in [0.25, 0.3) is 0 Å². The van der Waals surface area contributed by atoms with E-state index in [2.05, 4.69) is 5.32 Å². The number of likely N-dealkylation sites (tertiary alicyclic amines) is 1. The Bertz CT molecular complexity index is 580. The normalized spacial score (nSPS) is 17.7. The molecule has 0 aromatic heterocycles. The zero-order valence-electron chi connectivity index (χ0n) is 13.8. The fourth-order valence-corrected chi connectivity index (χ4v) is 2.80. The first-order valence-corrected chi connectivity index (χ1v) is 8.21. The summed E-state index contributed by atoms with van der Waals surface area (Å²) in [6.07, 6.45) is 2.56. The summed E-state index contributed by atoms with van der Waals surface area (Å²) in [4.78, 5) is 37.7. The number of ketones is 1. The molecule has 0 spiro atoms. The van der Waals surface area contributed by atoms with Crippen molar-refractivity contribution < 1.29 is 14.4 Å². The van der Waals surface area contributed by atoms with Crippen molar-refractivity contribution in [1.82, 2.24) is 10.2 Å². The summed E-state index contributed by atoms with van der Waals surface area (Å²) in [7, 11) is 0. The second kappa shape index (κ2) is 7.90. The van der Waals surface area contributed by atoms with Gasteiger partial charge >= 0.3 is 0 Å². The van der Waals surface area contributed by atoms with Crippen molar-refractivity contribution in [3.63, 3.8) is 0 Å². The van der Waals surface area contributed by atoms with Gasteiger partial charge in [0.05, 0.1) is 5.92 Å². The summed E-state index contributed by atoms with van der Waals surface area (Å²) in [5, 5.41) is 2.91. The van der Waals surface area contributed by atoms with E-state index < -0.39 is 0 Å². The molecule has 5 heteroatoms. The van der Waals surface area contributed by atoms with Crippen molar-refractivity contribution in [2.45, 2.75) is 33.1 Å². The molecule has 23 heavy (non-hydrogen) atoms. The van der Waals surface area contributed by atoms with Crippen LogP contribution in [0.5, 0.6) is 0 Å². The minimum absolute atomic E-state index is 0.0189. The highest BCUT2D eigenvalue weighted by molar-refractivity contribution is 5.98. The van der Waals surface area contributed by atoms with Gasteiger partial charge in [-0.2, -0.15) is 0 Å². The number of nitrogens with one attached hydrogen (secondary N) is 1. The fourth-order valence-electron chi connectivity index (χ4n) is 2.80. The fraction of sp³-hybridized carbons (Fsp3) is 0.500. The zero-order chi connectivity index (χ0) is 16.8. The van der Waals surface area contributed by atoms with Crippen molar-refractivity contribution >= 4 is 17.6 Å². The molecule has 1 aliphatic rings. The van der Waals surface area contributed by atoms with E-state index in [-0.39, 0.29) is 23.5 Å². The minimum atomic E-state index is -0.129. The predicted octanol–water partition coefficient (Wildman–Crippen LogP) is 2.27. The van der Waals surface area contributed by atoms with Crippen molar-refractivity contribution in [3.8, 4) is 0 Å². The van der Waals surface area contributed by atoms with Gasteiger partial charge in [0.2, 0.25) is 5.91 Å². The lowest BCUT2D eigenvalue weighted by Gasteiger charge is -2.32. The minimum Gasteiger partial charge on any atom is -0.356 e. The molecule has 2 amide bonds. The number of hydrogen-bond acceptors (Lipinski definition) is 3. The molecule has 1 heterocycles. The third kappa shape index (κ3) is 4.41. The number of carbonyl (C=O) groups is 3. The van der Waals surface area contributed by atoms with E-state index in [9.17, 15) is 14.4 Å². The summed E-state index contributed by atoms with van der Waals surface area (Å²) in [6.45, 7) is 5.33. The average molecular weight is 316 g/mol. The van der Waals surface area contributed by atoms with Crippen LogP contribution in [-0.4, -0.2) is 42.1 Å². The molecule has 5 nitrogen and oxygen atoms in total. The van der Waals surface area contributed by atoms with Crippen LogP contribution in [0.1, 0.15) is 53.8 Å². The van der Waals surface area contributed by atoms with Gasteiger partial charge in [0.15, 0.2) is 5.78 Å². The Morgan fingerprint density at radius 1 is 1.17 bits per heavy atom. The Labute approximate surface area is 137 Å². The second-order valence-electron chi connectivity index (χ2n) is 6.01. The van der Waals surface area contributed by atoms with Crippen LogP contribution < -0.4 is 5.32 Å². The largest absolute Gasteiger partial charge is 0.356 e. The Morgan fingerprint density at radius 2 is 1.83 bits per heavy atom. The van der Waals surface area contributed by atoms with E-state index in [1.54, 1.807) is 29.2 Å². The lowest BCUT2D eigenvalue weighted by atomic mass is 9.96. The molecule has 1 aromatic carbocycles. The van der Waals surface area contributed by atoms with Gasteiger partial charge < -0.3 is 10.2 Å². The molecule has 1 unspecified atom stereocenters.